The van der Waals surface area contributed by atoms with Crippen molar-refractivity contribution in [1.82, 2.24) is 0 Å². The van der Waals surface area contributed by atoms with E-state index in [9.17, 15) is 13.2 Å². The lowest BCUT2D eigenvalue weighted by Gasteiger charge is -2.24. The first-order valence-electron chi connectivity index (χ1n) is 5.62. The van der Waals surface area contributed by atoms with E-state index >= 15 is 0 Å². The third-order valence-electron chi connectivity index (χ3n) is 3.07. The van der Waals surface area contributed by atoms with Gasteiger partial charge in [0.05, 0.1) is 20.6 Å². The van der Waals surface area contributed by atoms with Gasteiger partial charge in [0.1, 0.15) is 0 Å². The normalized spacial score (nSPS) is 15.9. The van der Waals surface area contributed by atoms with Crippen molar-refractivity contribution in [3.63, 3.8) is 0 Å². The molecule has 0 bridgehead atoms. The van der Waals surface area contributed by atoms with Crippen molar-refractivity contribution < 1.29 is 13.2 Å². The Labute approximate surface area is 121 Å². The molecule has 104 valence electrons. The van der Waals surface area contributed by atoms with Crippen LogP contribution in [0.4, 0.5) is 5.69 Å². The summed E-state index contributed by atoms with van der Waals surface area (Å²) in [6.07, 6.45) is 2.72. The predicted molar refractivity (Wildman–Crippen MR) is 73.8 cm³/mol. The Morgan fingerprint density at radius 2 is 1.79 bits per heavy atom. The molecule has 0 aliphatic heterocycles. The van der Waals surface area contributed by atoms with E-state index in [1.807, 2.05) is 0 Å². The van der Waals surface area contributed by atoms with Gasteiger partial charge < -0.3 is 5.32 Å². The van der Waals surface area contributed by atoms with Crippen LogP contribution < -0.4 is 10.5 Å². The maximum atomic E-state index is 11.8. The number of carbonyl (C=O) groups is 1. The fourth-order valence-corrected chi connectivity index (χ4v) is 3.00. The summed E-state index contributed by atoms with van der Waals surface area (Å²) in [6.45, 7) is 0. The average molecular weight is 323 g/mol. The number of benzene rings is 1. The Kier molecular flexibility index (Phi) is 4.06. The summed E-state index contributed by atoms with van der Waals surface area (Å²) in [5.41, 5.74) is 0.215. The second-order valence-corrected chi connectivity index (χ2v) is 6.80. The molecule has 8 heteroatoms. The first-order chi connectivity index (χ1) is 8.79. The van der Waals surface area contributed by atoms with Crippen LogP contribution >= 0.6 is 23.2 Å². The summed E-state index contributed by atoms with van der Waals surface area (Å²) >= 11 is 11.9. The molecule has 0 atom stereocenters. The smallest absolute Gasteiger partial charge is 0.238 e. The van der Waals surface area contributed by atoms with Crippen molar-refractivity contribution in [2.75, 3.05) is 5.32 Å². The van der Waals surface area contributed by atoms with E-state index in [0.29, 0.717) is 0 Å². The Balaban J connectivity index is 2.29. The Hall–Kier alpha value is -0.820. The van der Waals surface area contributed by atoms with Crippen LogP contribution in [0.3, 0.4) is 0 Å². The van der Waals surface area contributed by atoms with Gasteiger partial charge in [0.25, 0.3) is 0 Å². The second-order valence-electron chi connectivity index (χ2n) is 4.42. The third-order valence-corrected chi connectivity index (χ3v) is 4.56. The van der Waals surface area contributed by atoms with Crippen molar-refractivity contribution in [3.05, 3.63) is 22.2 Å². The van der Waals surface area contributed by atoms with Crippen LogP contribution in [-0.4, -0.2) is 14.3 Å². The standard InChI is InChI=1S/C11H12Cl2N2O3S/c12-8-4-7(19(14,17)18)5-9(13)10(8)15-11(16)6-2-1-3-6/h4-6H,1-3H2,(H,15,16)(H2,14,17,18). The van der Waals surface area contributed by atoms with E-state index in [4.69, 9.17) is 28.3 Å². The summed E-state index contributed by atoms with van der Waals surface area (Å²) in [7, 11) is -3.88. The van der Waals surface area contributed by atoms with Crippen LogP contribution in [0.5, 0.6) is 0 Å². The highest BCUT2D eigenvalue weighted by Gasteiger charge is 2.26. The van der Waals surface area contributed by atoms with E-state index < -0.39 is 10.0 Å². The van der Waals surface area contributed by atoms with Gasteiger partial charge in [0.15, 0.2) is 0 Å². The number of rotatable bonds is 3. The van der Waals surface area contributed by atoms with Crippen LogP contribution in [0.1, 0.15) is 19.3 Å². The number of anilines is 1. The minimum absolute atomic E-state index is 0.0231. The monoisotopic (exact) mass is 322 g/mol. The number of nitrogens with one attached hydrogen (secondary N) is 1. The summed E-state index contributed by atoms with van der Waals surface area (Å²) in [5.74, 6) is -0.177. The largest absolute Gasteiger partial charge is 0.323 e. The SMILES string of the molecule is NS(=O)(=O)c1cc(Cl)c(NC(=O)C2CCC2)c(Cl)c1. The molecule has 0 aromatic heterocycles. The minimum Gasteiger partial charge on any atom is -0.323 e. The topological polar surface area (TPSA) is 89.3 Å². The van der Waals surface area contributed by atoms with Gasteiger partial charge in [0.2, 0.25) is 15.9 Å². The Bertz CT molecular complexity index is 604. The van der Waals surface area contributed by atoms with E-state index in [1.165, 1.54) is 12.1 Å². The Morgan fingerprint density at radius 3 is 2.16 bits per heavy atom. The number of hydrogen-bond acceptors (Lipinski definition) is 3. The molecule has 5 nitrogen and oxygen atoms in total. The summed E-state index contributed by atoms with van der Waals surface area (Å²) < 4.78 is 22.4. The lowest BCUT2D eigenvalue weighted by atomic mass is 9.85. The third kappa shape index (κ3) is 3.20. The van der Waals surface area contributed by atoms with Crippen molar-refractivity contribution >= 4 is 44.8 Å². The number of nitrogens with two attached hydrogens (primary N) is 1. The van der Waals surface area contributed by atoms with Gasteiger partial charge in [-0.25, -0.2) is 13.6 Å². The number of hydrogen-bond donors (Lipinski definition) is 2. The molecular formula is C11H12Cl2N2O3S. The fraction of sp³-hybridized carbons (Fsp3) is 0.364. The van der Waals surface area contributed by atoms with Crippen molar-refractivity contribution in [1.29, 1.82) is 0 Å². The first kappa shape index (κ1) is 14.6. The maximum absolute atomic E-state index is 11.8. The zero-order valence-electron chi connectivity index (χ0n) is 9.82. The molecule has 19 heavy (non-hydrogen) atoms. The quantitative estimate of drug-likeness (QED) is 0.895. The molecule has 0 spiro atoms. The van der Waals surface area contributed by atoms with Crippen LogP contribution in [0.25, 0.3) is 0 Å². The number of primary sulfonamides is 1. The van der Waals surface area contributed by atoms with Gasteiger partial charge in [0, 0.05) is 5.92 Å². The zero-order chi connectivity index (χ0) is 14.2. The lowest BCUT2D eigenvalue weighted by molar-refractivity contribution is -0.122. The van der Waals surface area contributed by atoms with Gasteiger partial charge in [-0.2, -0.15) is 0 Å². The summed E-state index contributed by atoms with van der Waals surface area (Å²) in [5, 5.41) is 7.70. The van der Waals surface area contributed by atoms with E-state index in [-0.39, 0.29) is 32.5 Å². The molecule has 1 aromatic rings. The molecule has 1 aliphatic rings. The maximum Gasteiger partial charge on any atom is 0.238 e. The van der Waals surface area contributed by atoms with Crippen molar-refractivity contribution in [3.8, 4) is 0 Å². The highest BCUT2D eigenvalue weighted by Crippen LogP contribution is 2.35. The van der Waals surface area contributed by atoms with Crippen LogP contribution in [0.15, 0.2) is 17.0 Å². The lowest BCUT2D eigenvalue weighted by Crippen LogP contribution is -2.28. The fourth-order valence-electron chi connectivity index (χ4n) is 1.73. The molecule has 3 N–H and O–H groups in total. The molecule has 0 radical (unpaired) electrons. The molecule has 0 heterocycles. The second kappa shape index (κ2) is 5.28. The number of carbonyl (C=O) groups excluding carboxylic acids is 1. The van der Waals surface area contributed by atoms with Gasteiger partial charge in [-0.05, 0) is 25.0 Å². The predicted octanol–water partition coefficient (Wildman–Crippen LogP) is 2.38. The van der Waals surface area contributed by atoms with Crippen molar-refractivity contribution in [2.24, 2.45) is 11.1 Å². The molecule has 1 aliphatic carbocycles. The summed E-state index contributed by atoms with van der Waals surface area (Å²) in [6, 6.07) is 2.33. The van der Waals surface area contributed by atoms with Gasteiger partial charge in [-0.1, -0.05) is 29.6 Å². The van der Waals surface area contributed by atoms with E-state index in [0.717, 1.165) is 19.3 Å². The van der Waals surface area contributed by atoms with Crippen molar-refractivity contribution in [2.45, 2.75) is 24.2 Å². The molecule has 1 aromatic carbocycles. The number of sulfonamides is 1. The van der Waals surface area contributed by atoms with Crippen LogP contribution in [0.2, 0.25) is 10.0 Å². The Morgan fingerprint density at radius 1 is 1.26 bits per heavy atom. The zero-order valence-corrected chi connectivity index (χ0v) is 12.1. The van der Waals surface area contributed by atoms with Gasteiger partial charge in [-0.15, -0.1) is 0 Å². The highest BCUT2D eigenvalue weighted by atomic mass is 35.5. The van der Waals surface area contributed by atoms with Gasteiger partial charge >= 0.3 is 0 Å². The number of halogens is 2. The summed E-state index contributed by atoms with van der Waals surface area (Å²) in [4.78, 5) is 11.6. The van der Waals surface area contributed by atoms with E-state index in [2.05, 4.69) is 5.32 Å². The molecule has 1 saturated carbocycles. The molecular weight excluding hydrogens is 311 g/mol. The number of amides is 1. The first-order valence-corrected chi connectivity index (χ1v) is 7.92. The molecule has 1 fully saturated rings. The van der Waals surface area contributed by atoms with Crippen LogP contribution in [0, 0.1) is 5.92 Å². The highest BCUT2D eigenvalue weighted by molar-refractivity contribution is 7.89. The molecule has 1 amide bonds. The molecule has 2 rings (SSSR count). The molecule has 0 unspecified atom stereocenters. The minimum atomic E-state index is -3.88. The van der Waals surface area contributed by atoms with Crippen LogP contribution in [-0.2, 0) is 14.8 Å². The molecule has 0 saturated heterocycles. The van der Waals surface area contributed by atoms with E-state index in [1.54, 1.807) is 0 Å². The van der Waals surface area contributed by atoms with Gasteiger partial charge in [-0.3, -0.25) is 4.79 Å². The average Bonchev–Trinajstić information content (AvgIpc) is 2.19.